The van der Waals surface area contributed by atoms with Crippen LogP contribution in [0.25, 0.3) is 20.7 Å². The number of aromatic nitrogens is 2. The molecule has 0 spiro atoms. The van der Waals surface area contributed by atoms with E-state index in [-0.39, 0.29) is 0 Å². The Balaban J connectivity index is 1.69. The van der Waals surface area contributed by atoms with E-state index in [9.17, 15) is 0 Å². The summed E-state index contributed by atoms with van der Waals surface area (Å²) < 4.78 is 6.36. The third kappa shape index (κ3) is 4.38. The van der Waals surface area contributed by atoms with E-state index in [2.05, 4.69) is 46.5 Å². The second-order valence-electron chi connectivity index (χ2n) is 6.46. The maximum absolute atomic E-state index is 5.32. The molecular formula is C23H22N4OS. The molecule has 6 heteroatoms. The molecule has 0 saturated carbocycles. The molecule has 0 bridgehead atoms. The first-order chi connectivity index (χ1) is 14.3. The minimum atomic E-state index is 0.586. The van der Waals surface area contributed by atoms with Gasteiger partial charge in [-0.25, -0.2) is 4.98 Å². The monoisotopic (exact) mass is 402 g/mol. The molecule has 0 aliphatic heterocycles. The van der Waals surface area contributed by atoms with Crippen LogP contribution in [0.15, 0.2) is 73.3 Å². The van der Waals surface area contributed by atoms with E-state index >= 15 is 0 Å². The molecule has 0 unspecified atom stereocenters. The lowest BCUT2D eigenvalue weighted by atomic mass is 10.2. The number of nitrogens with one attached hydrogen (secondary N) is 2. The van der Waals surface area contributed by atoms with Crippen molar-refractivity contribution >= 4 is 33.3 Å². The lowest BCUT2D eigenvalue weighted by Crippen LogP contribution is -2.07. The van der Waals surface area contributed by atoms with Crippen molar-refractivity contribution in [1.82, 2.24) is 9.97 Å². The Morgan fingerprint density at radius 3 is 2.69 bits per heavy atom. The van der Waals surface area contributed by atoms with Gasteiger partial charge in [-0.05, 0) is 29.3 Å². The number of hydrogen-bond acceptors (Lipinski definition) is 6. The van der Waals surface area contributed by atoms with E-state index in [1.54, 1.807) is 24.5 Å². The van der Waals surface area contributed by atoms with Gasteiger partial charge in [0.05, 0.1) is 17.3 Å². The van der Waals surface area contributed by atoms with Crippen molar-refractivity contribution in [2.75, 3.05) is 24.3 Å². The highest BCUT2D eigenvalue weighted by molar-refractivity contribution is 7.22. The van der Waals surface area contributed by atoms with Gasteiger partial charge >= 0.3 is 0 Å². The fourth-order valence-corrected chi connectivity index (χ4v) is 4.07. The van der Waals surface area contributed by atoms with Crippen LogP contribution in [-0.2, 0) is 6.54 Å². The molecule has 2 N–H and O–H groups in total. The standard InChI is InChI=1S/C23H22N4OS/c1-3-12-24-23-26-19-14-20(17-9-5-4-6-10-17)29-21(19)22(27-23)25-15-16-8-7-11-18(13-16)28-2/h3-11,13-14H,1,12,15H2,2H3,(H2,24,25,26,27). The predicted octanol–water partition coefficient (Wildman–Crippen LogP) is 5.58. The van der Waals surface area contributed by atoms with E-state index in [0.29, 0.717) is 19.0 Å². The Hall–Kier alpha value is -3.38. The first-order valence-electron chi connectivity index (χ1n) is 9.35. The van der Waals surface area contributed by atoms with Crippen LogP contribution in [0.4, 0.5) is 11.8 Å². The molecule has 0 fully saturated rings. The van der Waals surface area contributed by atoms with Gasteiger partial charge in [-0.3, -0.25) is 0 Å². The summed E-state index contributed by atoms with van der Waals surface area (Å²) in [7, 11) is 1.68. The van der Waals surface area contributed by atoms with Crippen LogP contribution in [0.5, 0.6) is 5.75 Å². The Labute approximate surface area is 174 Å². The third-order valence-corrected chi connectivity index (χ3v) is 5.61. The van der Waals surface area contributed by atoms with Crippen LogP contribution in [0.3, 0.4) is 0 Å². The van der Waals surface area contributed by atoms with Crippen LogP contribution in [-0.4, -0.2) is 23.6 Å². The fourth-order valence-electron chi connectivity index (χ4n) is 3.01. The first-order valence-corrected chi connectivity index (χ1v) is 10.2. The summed E-state index contributed by atoms with van der Waals surface area (Å²) in [6, 6.07) is 20.5. The summed E-state index contributed by atoms with van der Waals surface area (Å²) in [5.41, 5.74) is 3.22. The van der Waals surface area contributed by atoms with Crippen molar-refractivity contribution in [3.05, 3.63) is 78.9 Å². The van der Waals surface area contributed by atoms with Gasteiger partial charge in [0.25, 0.3) is 0 Å². The van der Waals surface area contributed by atoms with Gasteiger partial charge in [-0.1, -0.05) is 48.5 Å². The normalized spacial score (nSPS) is 10.7. The molecular weight excluding hydrogens is 380 g/mol. The number of rotatable bonds is 8. The van der Waals surface area contributed by atoms with Crippen molar-refractivity contribution in [3.63, 3.8) is 0 Å². The lowest BCUT2D eigenvalue weighted by molar-refractivity contribution is 0.414. The maximum Gasteiger partial charge on any atom is 0.225 e. The van der Waals surface area contributed by atoms with Crippen molar-refractivity contribution < 1.29 is 4.74 Å². The number of benzene rings is 2. The molecule has 146 valence electrons. The largest absolute Gasteiger partial charge is 0.497 e. The molecule has 0 aliphatic carbocycles. The molecule has 2 aromatic heterocycles. The zero-order chi connectivity index (χ0) is 20.1. The van der Waals surface area contributed by atoms with Crippen molar-refractivity contribution in [3.8, 4) is 16.2 Å². The van der Waals surface area contributed by atoms with Gasteiger partial charge in [0.2, 0.25) is 5.95 Å². The van der Waals surface area contributed by atoms with E-state index < -0.39 is 0 Å². The Bertz CT molecular complexity index is 1120. The number of thiophene rings is 1. The highest BCUT2D eigenvalue weighted by atomic mass is 32.1. The topological polar surface area (TPSA) is 59.1 Å². The van der Waals surface area contributed by atoms with E-state index in [1.807, 2.05) is 36.4 Å². The average Bonchev–Trinajstić information content (AvgIpc) is 3.21. The molecule has 5 nitrogen and oxygen atoms in total. The smallest absolute Gasteiger partial charge is 0.225 e. The van der Waals surface area contributed by atoms with Gasteiger partial charge in [-0.2, -0.15) is 4.98 Å². The molecule has 0 aliphatic rings. The fraction of sp³-hybridized carbons (Fsp3) is 0.130. The van der Waals surface area contributed by atoms with Crippen LogP contribution in [0.2, 0.25) is 0 Å². The van der Waals surface area contributed by atoms with Gasteiger partial charge in [-0.15, -0.1) is 17.9 Å². The van der Waals surface area contributed by atoms with Crippen molar-refractivity contribution in [2.24, 2.45) is 0 Å². The maximum atomic E-state index is 5.32. The number of hydrogen-bond donors (Lipinski definition) is 2. The SMILES string of the molecule is C=CCNc1nc(NCc2cccc(OC)c2)c2sc(-c3ccccc3)cc2n1. The highest BCUT2D eigenvalue weighted by Gasteiger charge is 2.13. The second-order valence-corrected chi connectivity index (χ2v) is 7.51. The van der Waals surface area contributed by atoms with Gasteiger partial charge in [0, 0.05) is 18.0 Å². The third-order valence-electron chi connectivity index (χ3n) is 4.43. The van der Waals surface area contributed by atoms with E-state index in [1.165, 1.54) is 10.4 Å². The summed E-state index contributed by atoms with van der Waals surface area (Å²) in [6.45, 7) is 5.00. The Morgan fingerprint density at radius 1 is 1.03 bits per heavy atom. The van der Waals surface area contributed by atoms with E-state index in [4.69, 9.17) is 9.72 Å². The molecule has 0 amide bonds. The zero-order valence-corrected chi connectivity index (χ0v) is 17.0. The molecule has 2 aromatic carbocycles. The minimum Gasteiger partial charge on any atom is -0.497 e. The molecule has 0 atom stereocenters. The van der Waals surface area contributed by atoms with Crippen molar-refractivity contribution in [1.29, 1.82) is 0 Å². The van der Waals surface area contributed by atoms with Gasteiger partial charge in [0.15, 0.2) is 0 Å². The number of ether oxygens (including phenoxy) is 1. The first kappa shape index (κ1) is 19.0. The quantitative estimate of drug-likeness (QED) is 0.377. The number of methoxy groups -OCH3 is 1. The molecule has 4 rings (SSSR count). The molecule has 29 heavy (non-hydrogen) atoms. The summed E-state index contributed by atoms with van der Waals surface area (Å²) in [6.07, 6.45) is 1.79. The number of nitrogens with zero attached hydrogens (tertiary/aromatic N) is 2. The second kappa shape index (κ2) is 8.75. The summed E-state index contributed by atoms with van der Waals surface area (Å²) >= 11 is 1.69. The summed E-state index contributed by atoms with van der Waals surface area (Å²) in [5, 5.41) is 6.67. The molecule has 2 heterocycles. The number of fused-ring (bicyclic) bond motifs is 1. The molecule has 4 aromatic rings. The lowest BCUT2D eigenvalue weighted by Gasteiger charge is -2.10. The Kier molecular flexibility index (Phi) is 5.72. The molecule has 0 saturated heterocycles. The highest BCUT2D eigenvalue weighted by Crippen LogP contribution is 2.36. The van der Waals surface area contributed by atoms with E-state index in [0.717, 1.165) is 27.3 Å². The summed E-state index contributed by atoms with van der Waals surface area (Å²) in [5.74, 6) is 2.24. The molecule has 0 radical (unpaired) electrons. The minimum absolute atomic E-state index is 0.586. The van der Waals surface area contributed by atoms with Crippen molar-refractivity contribution in [2.45, 2.75) is 6.54 Å². The van der Waals surface area contributed by atoms with Gasteiger partial charge < -0.3 is 15.4 Å². The van der Waals surface area contributed by atoms with Gasteiger partial charge in [0.1, 0.15) is 11.6 Å². The zero-order valence-electron chi connectivity index (χ0n) is 16.2. The predicted molar refractivity (Wildman–Crippen MR) is 122 cm³/mol. The van der Waals surface area contributed by atoms with Crippen LogP contribution < -0.4 is 15.4 Å². The number of anilines is 2. The van der Waals surface area contributed by atoms with Crippen LogP contribution in [0, 0.1) is 0 Å². The van der Waals surface area contributed by atoms with Crippen LogP contribution in [0.1, 0.15) is 5.56 Å². The van der Waals surface area contributed by atoms with Crippen LogP contribution >= 0.6 is 11.3 Å². The average molecular weight is 403 g/mol. The Morgan fingerprint density at radius 2 is 1.90 bits per heavy atom. The summed E-state index contributed by atoms with van der Waals surface area (Å²) in [4.78, 5) is 10.6.